The van der Waals surface area contributed by atoms with E-state index in [-0.39, 0.29) is 5.75 Å². The van der Waals surface area contributed by atoms with E-state index in [4.69, 9.17) is 0 Å². The van der Waals surface area contributed by atoms with Crippen LogP contribution >= 0.6 is 0 Å². The third kappa shape index (κ3) is 5.21. The molecular weight excluding hydrogens is 383 g/mol. The molecule has 3 N–H and O–H groups in total. The van der Waals surface area contributed by atoms with Crippen molar-refractivity contribution in [3.05, 3.63) is 46.3 Å². The number of rotatable bonds is 9. The molecule has 1 aliphatic heterocycles. The van der Waals surface area contributed by atoms with Crippen molar-refractivity contribution in [3.8, 4) is 5.75 Å². The molecule has 0 aromatic heterocycles. The fourth-order valence-electron chi connectivity index (χ4n) is 3.71. The Labute approximate surface area is 166 Å². The highest BCUT2D eigenvalue weighted by Gasteiger charge is 2.40. The Morgan fingerprint density at radius 2 is 2.07 bits per heavy atom. The molecule has 7 heteroatoms. The highest BCUT2D eigenvalue weighted by Crippen LogP contribution is 2.34. The van der Waals surface area contributed by atoms with Crippen LogP contribution in [-0.4, -0.2) is 47.5 Å². The van der Waals surface area contributed by atoms with Crippen molar-refractivity contribution in [1.29, 1.82) is 0 Å². The lowest BCUT2D eigenvalue weighted by atomic mass is 9.93. The van der Waals surface area contributed by atoms with Gasteiger partial charge in [-0.2, -0.15) is 0 Å². The van der Waals surface area contributed by atoms with Crippen molar-refractivity contribution >= 4 is 15.9 Å². The zero-order valence-corrected chi connectivity index (χ0v) is 17.2. The number of sulfone groups is 1. The molecule has 0 fully saturated rings. The molecule has 1 aromatic carbocycles. The number of benzene rings is 1. The lowest BCUT2D eigenvalue weighted by Crippen LogP contribution is -2.29. The van der Waals surface area contributed by atoms with E-state index in [1.54, 1.807) is 6.07 Å². The van der Waals surface area contributed by atoms with E-state index < -0.39 is 39.4 Å². The number of hydrogen-bond donors (Lipinski definition) is 3. The third-order valence-corrected chi connectivity index (χ3v) is 7.20. The zero-order chi connectivity index (χ0) is 20.9. The van der Waals surface area contributed by atoms with Crippen LogP contribution in [0.3, 0.4) is 0 Å². The summed E-state index contributed by atoms with van der Waals surface area (Å²) in [6, 6.07) is 4.15. The van der Waals surface area contributed by atoms with Crippen molar-refractivity contribution in [2.24, 2.45) is 0 Å². The summed E-state index contributed by atoms with van der Waals surface area (Å²) in [6.45, 7) is 3.38. The molecule has 2 atom stereocenters. The predicted molar refractivity (Wildman–Crippen MR) is 108 cm³/mol. The van der Waals surface area contributed by atoms with Crippen molar-refractivity contribution in [2.45, 2.75) is 57.3 Å². The van der Waals surface area contributed by atoms with Crippen LogP contribution in [0.4, 0.5) is 4.39 Å². The topological polar surface area (TPSA) is 94.8 Å². The molecule has 156 valence electrons. The van der Waals surface area contributed by atoms with Gasteiger partial charge in [0.1, 0.15) is 5.25 Å². The Morgan fingerprint density at radius 3 is 2.64 bits per heavy atom. The maximum atomic E-state index is 13.5. The number of phenolic OH excluding ortho intramolecular Hbond substituents is 1. The molecule has 0 saturated heterocycles. The second-order valence-electron chi connectivity index (χ2n) is 7.21. The maximum Gasteiger partial charge on any atom is 0.165 e. The summed E-state index contributed by atoms with van der Waals surface area (Å²) in [5.74, 6) is -1.19. The second kappa shape index (κ2) is 9.67. The van der Waals surface area contributed by atoms with E-state index in [9.17, 15) is 28.1 Å². The van der Waals surface area contributed by atoms with Gasteiger partial charge in [-0.15, -0.1) is 0 Å². The van der Waals surface area contributed by atoms with Crippen LogP contribution in [0.5, 0.6) is 5.75 Å². The van der Waals surface area contributed by atoms with Gasteiger partial charge in [-0.1, -0.05) is 43.6 Å². The summed E-state index contributed by atoms with van der Waals surface area (Å²) < 4.78 is 38.1. The van der Waals surface area contributed by atoms with Gasteiger partial charge < -0.3 is 15.3 Å². The Balaban J connectivity index is 2.17. The quantitative estimate of drug-likeness (QED) is 0.541. The summed E-state index contributed by atoms with van der Waals surface area (Å²) >= 11 is 0. The molecule has 1 aromatic rings. The Kier molecular flexibility index (Phi) is 7.80. The number of aliphatic hydroxyl groups is 2. The van der Waals surface area contributed by atoms with Gasteiger partial charge in [0.2, 0.25) is 0 Å². The van der Waals surface area contributed by atoms with Gasteiger partial charge in [-0.25, -0.2) is 12.8 Å². The van der Waals surface area contributed by atoms with Crippen LogP contribution in [0.15, 0.2) is 34.9 Å². The summed E-state index contributed by atoms with van der Waals surface area (Å²) in [7, 11) is -3.47. The Hall–Kier alpha value is -1.70. The van der Waals surface area contributed by atoms with Crippen LogP contribution in [0.2, 0.25) is 0 Å². The van der Waals surface area contributed by atoms with E-state index >= 15 is 0 Å². The van der Waals surface area contributed by atoms with Gasteiger partial charge in [0, 0.05) is 0 Å². The third-order valence-electron chi connectivity index (χ3n) is 5.18. The summed E-state index contributed by atoms with van der Waals surface area (Å²) in [6.07, 6.45) is 3.76. The summed E-state index contributed by atoms with van der Waals surface area (Å²) in [4.78, 5) is 0. The minimum Gasteiger partial charge on any atom is -0.505 e. The molecule has 5 nitrogen and oxygen atoms in total. The van der Waals surface area contributed by atoms with Gasteiger partial charge in [0.15, 0.2) is 21.4 Å². The first kappa shape index (κ1) is 22.6. The number of halogens is 1. The van der Waals surface area contributed by atoms with Gasteiger partial charge in [0.05, 0.1) is 18.5 Å². The average Bonchev–Trinajstić information content (AvgIpc) is 2.90. The smallest absolute Gasteiger partial charge is 0.165 e. The minimum atomic E-state index is -3.47. The molecule has 0 radical (unpaired) electrons. The van der Waals surface area contributed by atoms with E-state index in [1.165, 1.54) is 12.1 Å². The molecule has 28 heavy (non-hydrogen) atoms. The monoisotopic (exact) mass is 412 g/mol. The fraction of sp³-hybridized carbons (Fsp3) is 0.524. The number of aliphatic hydroxyl groups excluding tert-OH is 2. The van der Waals surface area contributed by atoms with E-state index in [0.29, 0.717) is 36.8 Å². The van der Waals surface area contributed by atoms with Crippen molar-refractivity contribution in [3.63, 3.8) is 0 Å². The number of hydrogen-bond acceptors (Lipinski definition) is 5. The molecule has 0 saturated carbocycles. The highest BCUT2D eigenvalue weighted by atomic mass is 32.2. The van der Waals surface area contributed by atoms with Crippen molar-refractivity contribution in [1.82, 2.24) is 0 Å². The average molecular weight is 413 g/mol. The number of aromatic hydroxyl groups is 1. The molecule has 0 bridgehead atoms. The molecule has 1 aliphatic rings. The first-order chi connectivity index (χ1) is 13.2. The fourth-order valence-corrected chi connectivity index (χ4v) is 5.64. The van der Waals surface area contributed by atoms with Gasteiger partial charge in [0.25, 0.3) is 0 Å². The van der Waals surface area contributed by atoms with Crippen LogP contribution < -0.4 is 0 Å². The molecule has 0 unspecified atom stereocenters. The molecular formula is C21H29FO5S. The Morgan fingerprint density at radius 1 is 1.36 bits per heavy atom. The largest absolute Gasteiger partial charge is 0.505 e. The van der Waals surface area contributed by atoms with Gasteiger partial charge >= 0.3 is 0 Å². The first-order valence-corrected chi connectivity index (χ1v) is 11.3. The summed E-state index contributed by atoms with van der Waals surface area (Å²) in [5.41, 5.74) is 2.76. The van der Waals surface area contributed by atoms with Gasteiger partial charge in [-0.3, -0.25) is 0 Å². The molecule has 1 heterocycles. The van der Waals surface area contributed by atoms with Crippen LogP contribution in [-0.2, 0) is 9.84 Å². The van der Waals surface area contributed by atoms with Crippen LogP contribution in [0.25, 0.3) is 6.08 Å². The SMILES string of the molecule is CCCC1=C([C@H](O)CC/C(=C/c2ccc(O)c(F)c2)CC)[C@H](CO)S(=O)(=O)C1. The minimum absolute atomic E-state index is 0.0955. The van der Waals surface area contributed by atoms with Crippen LogP contribution in [0, 0.1) is 5.82 Å². The number of phenols is 1. The first-order valence-electron chi connectivity index (χ1n) is 9.63. The lowest BCUT2D eigenvalue weighted by Gasteiger charge is -2.19. The van der Waals surface area contributed by atoms with Crippen LogP contribution in [0.1, 0.15) is 51.5 Å². The normalized spacial score (nSPS) is 20.6. The van der Waals surface area contributed by atoms with Gasteiger partial charge in [-0.05, 0) is 49.0 Å². The highest BCUT2D eigenvalue weighted by molar-refractivity contribution is 7.92. The molecule has 2 rings (SSSR count). The number of allylic oxidation sites excluding steroid dienone is 1. The van der Waals surface area contributed by atoms with E-state index in [1.807, 2.05) is 19.9 Å². The standard InChI is InChI=1S/C21H29FO5S/c1-3-5-16-13-28(26,27)20(12-23)21(16)19(25)9-6-14(4-2)10-15-7-8-18(24)17(22)11-15/h7-8,10-11,19-20,23-25H,3-6,9,12-13H2,1-2H3/b14-10+/t19-,20+/m1/s1. The van der Waals surface area contributed by atoms with E-state index in [2.05, 4.69) is 0 Å². The van der Waals surface area contributed by atoms with Crippen molar-refractivity contribution < 1.29 is 28.1 Å². The second-order valence-corrected chi connectivity index (χ2v) is 9.39. The molecule has 0 aliphatic carbocycles. The predicted octanol–water partition coefficient (Wildman–Crippen LogP) is 3.35. The Bertz CT molecular complexity index is 858. The molecule has 0 amide bonds. The zero-order valence-electron chi connectivity index (χ0n) is 16.4. The molecule has 0 spiro atoms. The summed E-state index contributed by atoms with van der Waals surface area (Å²) in [5, 5.41) is 28.6. The van der Waals surface area contributed by atoms with E-state index in [0.717, 1.165) is 17.6 Å². The maximum absolute atomic E-state index is 13.5. The van der Waals surface area contributed by atoms with Crippen molar-refractivity contribution in [2.75, 3.05) is 12.4 Å². The lowest BCUT2D eigenvalue weighted by molar-refractivity contribution is 0.188.